The fourth-order valence-corrected chi connectivity index (χ4v) is 8.66. The zero-order valence-corrected chi connectivity index (χ0v) is 41.7. The summed E-state index contributed by atoms with van der Waals surface area (Å²) in [5.74, 6) is -1.56. The number of rotatable bonds is 17. The summed E-state index contributed by atoms with van der Waals surface area (Å²) in [5, 5.41) is 11.8. The van der Waals surface area contributed by atoms with E-state index in [2.05, 4.69) is 38.6 Å². The molecule has 8 N–H and O–H groups in total. The van der Waals surface area contributed by atoms with Crippen LogP contribution in [0.15, 0.2) is 34.1 Å². The highest BCUT2D eigenvalue weighted by Crippen LogP contribution is 2.30. The number of hydrogen-bond acceptors (Lipinski definition) is 17. The van der Waals surface area contributed by atoms with E-state index in [0.717, 1.165) is 51.7 Å². The Morgan fingerprint density at radius 2 is 1.25 bits per heavy atom. The minimum atomic E-state index is -3.55. The second-order valence-corrected chi connectivity index (χ2v) is 19.4. The average molecular weight is 969 g/mol. The van der Waals surface area contributed by atoms with Crippen LogP contribution in [0.2, 0.25) is 0 Å². The fraction of sp³-hybridized carbons (Fsp3) is 0.643. The average Bonchev–Trinajstić information content (AvgIpc) is 3.94. The van der Waals surface area contributed by atoms with Gasteiger partial charge in [-0.05, 0) is 85.0 Å². The molecule has 2 heterocycles. The molecule has 0 aliphatic carbocycles. The van der Waals surface area contributed by atoms with Crippen LogP contribution in [-0.4, -0.2) is 172 Å². The first-order chi connectivity index (χ1) is 30.1. The summed E-state index contributed by atoms with van der Waals surface area (Å²) < 4.78 is 66.8. The molecule has 1 amide bonds. The maximum Gasteiger partial charge on any atom is 0.403 e. The summed E-state index contributed by atoms with van der Waals surface area (Å²) in [5.41, 5.74) is 16.3. The first-order valence-electron chi connectivity index (χ1n) is 21.2. The van der Waals surface area contributed by atoms with Crippen LogP contribution in [0.1, 0.15) is 81.0 Å². The number of anilines is 2. The van der Waals surface area contributed by atoms with Crippen molar-refractivity contribution in [3.63, 3.8) is 0 Å². The van der Waals surface area contributed by atoms with Crippen molar-refractivity contribution >= 4 is 60.0 Å². The predicted octanol–water partition coefficient (Wildman–Crippen LogP) is 4.06. The first-order valence-corrected chi connectivity index (χ1v) is 24.8. The van der Waals surface area contributed by atoms with E-state index in [1.54, 1.807) is 14.0 Å². The minimum Gasteiger partial charge on any atom is -0.496 e. The van der Waals surface area contributed by atoms with Crippen LogP contribution in [0, 0.1) is 0 Å². The number of carbonyl (C=O) groups excluding carboxylic acids is 2. The van der Waals surface area contributed by atoms with Crippen LogP contribution in [0.5, 0.6) is 11.5 Å². The highest BCUT2D eigenvalue weighted by Gasteiger charge is 2.26. The molecule has 0 bridgehead atoms. The predicted molar refractivity (Wildman–Crippen MR) is 252 cm³/mol. The third-order valence-electron chi connectivity index (χ3n) is 10.2. The number of sulfone groups is 2. The zero-order chi connectivity index (χ0) is 49.2. The van der Waals surface area contributed by atoms with Gasteiger partial charge in [0, 0.05) is 62.6 Å². The van der Waals surface area contributed by atoms with E-state index in [9.17, 15) is 31.2 Å². The topological polar surface area (TPSA) is 276 Å². The summed E-state index contributed by atoms with van der Waals surface area (Å²) in [7, 11) is 1.40. The van der Waals surface area contributed by atoms with Gasteiger partial charge in [-0.2, -0.15) is 0 Å². The molecule has 368 valence electrons. The first kappa shape index (κ1) is 60.0. The van der Waals surface area contributed by atoms with Gasteiger partial charge in [0.25, 0.3) is 5.91 Å². The molecule has 0 saturated carbocycles. The van der Waals surface area contributed by atoms with E-state index in [0.29, 0.717) is 25.2 Å². The van der Waals surface area contributed by atoms with E-state index < -0.39 is 31.1 Å². The number of nitrogens with zero attached hydrogens (tertiary/aromatic N) is 3. The van der Waals surface area contributed by atoms with Crippen LogP contribution in [0.4, 0.5) is 16.2 Å². The molecule has 0 spiro atoms. The number of ether oxygens (including phenoxy) is 4. The maximum absolute atomic E-state index is 12.6. The van der Waals surface area contributed by atoms with Gasteiger partial charge in [-0.1, -0.05) is 27.7 Å². The Bertz CT molecular complexity index is 1950. The van der Waals surface area contributed by atoms with Gasteiger partial charge in [0.15, 0.2) is 19.7 Å². The van der Waals surface area contributed by atoms with E-state index in [-0.39, 0.29) is 61.2 Å². The number of halogens is 1. The number of carboxylic acids is 1. The lowest BCUT2D eigenvalue weighted by molar-refractivity contribution is 0.0692. The summed E-state index contributed by atoms with van der Waals surface area (Å²) in [6, 6.07) is 5.93. The molecule has 4 rings (SSSR count). The summed E-state index contributed by atoms with van der Waals surface area (Å²) in [6.07, 6.45) is 4.82. The second kappa shape index (κ2) is 31.0. The molecule has 2 saturated heterocycles. The minimum absolute atomic E-state index is 0.0197. The Labute approximate surface area is 386 Å². The Kier molecular flexibility index (Phi) is 29.1. The molecule has 2 aromatic rings. The molecule has 19 nitrogen and oxygen atoms in total. The number of methoxy groups -OCH3 is 3. The lowest BCUT2D eigenvalue weighted by atomic mass is 10.1. The largest absolute Gasteiger partial charge is 0.496 e. The van der Waals surface area contributed by atoms with E-state index in [1.165, 1.54) is 72.2 Å². The third-order valence-corrected chi connectivity index (χ3v) is 13.8. The summed E-state index contributed by atoms with van der Waals surface area (Å²) in [6.45, 7) is 17.0. The van der Waals surface area contributed by atoms with Crippen LogP contribution >= 0.6 is 11.6 Å². The zero-order valence-electron chi connectivity index (χ0n) is 39.3. The molecule has 0 unspecified atom stereocenters. The highest BCUT2D eigenvalue weighted by molar-refractivity contribution is 7.91. The SMILES string of the molecule is CCN1CCC[C@H]1CN.CCN1CCC[C@H]1CNC(=O)c1cc(S(=O)(=O)CC)c(N)cc1OC.CCOC(=O)Cl.CCS(=O)(=O)c1cc(C(=O)O)c(OC)cc1N.COCCN(C)C. The van der Waals surface area contributed by atoms with E-state index >= 15 is 0 Å². The Morgan fingerprint density at radius 1 is 0.797 bits per heavy atom. The lowest BCUT2D eigenvalue weighted by Crippen LogP contribution is -2.40. The Morgan fingerprint density at radius 3 is 1.58 bits per heavy atom. The van der Waals surface area contributed by atoms with Crippen LogP contribution in [0.3, 0.4) is 0 Å². The van der Waals surface area contributed by atoms with Crippen LogP contribution in [0.25, 0.3) is 0 Å². The van der Waals surface area contributed by atoms with Crippen LogP contribution < -0.4 is 32.0 Å². The molecule has 22 heteroatoms. The quantitative estimate of drug-likeness (QED) is 0.110. The van der Waals surface area contributed by atoms with E-state index in [1.807, 2.05) is 14.1 Å². The molecule has 2 fully saturated rings. The van der Waals surface area contributed by atoms with Crippen molar-refractivity contribution in [1.82, 2.24) is 20.0 Å². The molecule has 2 aromatic carbocycles. The normalized spacial score (nSPS) is 16.1. The van der Waals surface area contributed by atoms with Gasteiger partial charge in [-0.25, -0.2) is 26.4 Å². The molecule has 2 aliphatic heterocycles. The number of likely N-dealkylation sites (tertiary alicyclic amines) is 2. The van der Waals surface area contributed by atoms with E-state index in [4.69, 9.17) is 48.1 Å². The number of aromatic carboxylic acids is 1. The van der Waals surface area contributed by atoms with Crippen LogP contribution in [-0.2, 0) is 29.1 Å². The number of likely N-dealkylation sites (N-methyl/N-ethyl adjacent to an activating group) is 3. The van der Waals surface area contributed by atoms with Gasteiger partial charge in [-0.15, -0.1) is 0 Å². The molecule has 2 aliphatic rings. The number of amides is 1. The third kappa shape index (κ3) is 20.5. The van der Waals surface area contributed by atoms with Gasteiger partial charge < -0.3 is 51.5 Å². The molecular formula is C42H74ClN7O12S2. The maximum atomic E-state index is 12.6. The smallest absolute Gasteiger partial charge is 0.403 e. The van der Waals surface area contributed by atoms with Gasteiger partial charge in [0.05, 0.1) is 65.7 Å². The highest BCUT2D eigenvalue weighted by atomic mass is 35.5. The molecule has 2 atom stereocenters. The molecule has 0 radical (unpaired) electrons. The second-order valence-electron chi connectivity index (χ2n) is 14.6. The number of carbonyl (C=O) groups is 3. The number of carboxylic acid groups (broad SMARTS) is 1. The standard InChI is InChI=1S/C17H27N3O4S.C10H13NO5S.C7H16N2.C5H13NO.C3H5ClO2/c1-4-20-8-6-7-12(20)11-19-17(21)13-9-16(25(22,23)5-2)14(18)10-15(13)24-3;1-3-17(14,15)9-4-6(10(12)13)8(16-2)5-7(9)11;1-2-9-5-3-4-7(9)6-8;1-6(2)4-5-7-3;1-2-6-3(4)5/h9-10,12H,4-8,11,18H2,1-3H3,(H,19,21);4-5H,3,11H2,1-2H3,(H,12,13);7H,2-6,8H2,1H3;4-5H2,1-3H3;2H2,1H3/t12-;;7-;;/m0.0../s1. The van der Waals surface area contributed by atoms with Gasteiger partial charge >= 0.3 is 11.4 Å². The Balaban J connectivity index is 0.000000872. The van der Waals surface area contributed by atoms with Crippen molar-refractivity contribution in [3.05, 3.63) is 35.4 Å². The van der Waals surface area contributed by atoms with Crippen molar-refractivity contribution in [3.8, 4) is 11.5 Å². The van der Waals surface area contributed by atoms with Crippen molar-refractivity contribution in [2.24, 2.45) is 5.73 Å². The monoisotopic (exact) mass is 967 g/mol. The number of nitrogens with two attached hydrogens (primary N) is 3. The van der Waals surface area contributed by atoms with Crippen molar-refractivity contribution in [1.29, 1.82) is 0 Å². The fourth-order valence-electron chi connectivity index (χ4n) is 6.50. The number of nitrogen functional groups attached to an aromatic ring is 2. The summed E-state index contributed by atoms with van der Waals surface area (Å²) in [4.78, 5) is 39.8. The number of hydrogen-bond donors (Lipinski definition) is 5. The van der Waals surface area contributed by atoms with Gasteiger partial charge in [0.2, 0.25) is 0 Å². The van der Waals surface area contributed by atoms with Gasteiger partial charge in [0.1, 0.15) is 17.1 Å². The number of nitrogens with one attached hydrogen (secondary N) is 1. The lowest BCUT2D eigenvalue weighted by Gasteiger charge is -2.23. The summed E-state index contributed by atoms with van der Waals surface area (Å²) >= 11 is 4.72. The van der Waals surface area contributed by atoms with Crippen molar-refractivity contribution in [2.45, 2.75) is 82.2 Å². The molecule has 64 heavy (non-hydrogen) atoms. The van der Waals surface area contributed by atoms with Crippen molar-refractivity contribution in [2.75, 3.05) is 117 Å². The number of benzene rings is 2. The Hall–Kier alpha value is -3.96. The molecule has 0 aromatic heterocycles. The van der Waals surface area contributed by atoms with Crippen molar-refractivity contribution < 1.29 is 55.3 Å². The molecular weight excluding hydrogens is 894 g/mol. The van der Waals surface area contributed by atoms with Gasteiger partial charge in [-0.3, -0.25) is 14.6 Å².